The Morgan fingerprint density at radius 3 is 2.86 bits per heavy atom. The molecule has 1 atom stereocenters. The molecule has 29 heavy (non-hydrogen) atoms. The fourth-order valence-corrected chi connectivity index (χ4v) is 6.30. The van der Waals surface area contributed by atoms with Gasteiger partial charge < -0.3 is 9.15 Å². The van der Waals surface area contributed by atoms with E-state index >= 15 is 0 Å². The number of thiazole rings is 1. The van der Waals surface area contributed by atoms with Crippen LogP contribution in [0.2, 0.25) is 0 Å². The maximum atomic E-state index is 12.9. The molecule has 0 unspecified atom stereocenters. The Kier molecular flexibility index (Phi) is 6.16. The number of nitrogens with zero attached hydrogens (tertiary/aromatic N) is 3. The molecule has 1 fully saturated rings. The lowest BCUT2D eigenvalue weighted by atomic mass is 10.1. The van der Waals surface area contributed by atoms with E-state index < -0.39 is 9.84 Å². The molecule has 0 saturated carbocycles. The van der Waals surface area contributed by atoms with E-state index in [1.807, 2.05) is 5.38 Å². The highest BCUT2D eigenvalue weighted by atomic mass is 32.2. The van der Waals surface area contributed by atoms with Crippen LogP contribution in [0.4, 0.5) is 4.39 Å². The summed E-state index contributed by atoms with van der Waals surface area (Å²) in [5.74, 6) is 1.83. The monoisotopic (exact) mass is 455 g/mol. The number of thioether (sulfide) groups is 1. The second kappa shape index (κ2) is 8.80. The predicted molar refractivity (Wildman–Crippen MR) is 107 cm³/mol. The first-order chi connectivity index (χ1) is 13.9. The van der Waals surface area contributed by atoms with Crippen LogP contribution in [-0.2, 0) is 28.6 Å². The normalized spacial score (nSPS) is 18.2. The van der Waals surface area contributed by atoms with E-state index in [-0.39, 0.29) is 23.2 Å². The molecule has 7 nitrogen and oxygen atoms in total. The molecule has 11 heteroatoms. The zero-order chi connectivity index (χ0) is 20.3. The molecule has 2 aromatic heterocycles. The minimum atomic E-state index is -2.91. The van der Waals surface area contributed by atoms with Crippen molar-refractivity contribution < 1.29 is 22.0 Å². The topological polar surface area (TPSA) is 95.2 Å². The predicted octanol–water partition coefficient (Wildman–Crippen LogP) is 3.51. The van der Waals surface area contributed by atoms with E-state index in [4.69, 9.17) is 9.15 Å². The van der Waals surface area contributed by atoms with Crippen molar-refractivity contribution in [2.75, 3.05) is 11.5 Å². The van der Waals surface area contributed by atoms with Crippen LogP contribution in [0.5, 0.6) is 5.75 Å². The molecule has 0 amide bonds. The first-order valence-electron chi connectivity index (χ1n) is 8.92. The third-order valence-corrected chi connectivity index (χ3v) is 7.92. The van der Waals surface area contributed by atoms with Gasteiger partial charge in [-0.3, -0.25) is 0 Å². The van der Waals surface area contributed by atoms with E-state index in [9.17, 15) is 12.8 Å². The summed E-state index contributed by atoms with van der Waals surface area (Å²) >= 11 is 2.87. The van der Waals surface area contributed by atoms with E-state index in [0.29, 0.717) is 42.1 Å². The van der Waals surface area contributed by atoms with Crippen LogP contribution >= 0.6 is 23.1 Å². The van der Waals surface area contributed by atoms with Crippen molar-refractivity contribution in [1.29, 1.82) is 0 Å². The van der Waals surface area contributed by atoms with Gasteiger partial charge >= 0.3 is 0 Å². The summed E-state index contributed by atoms with van der Waals surface area (Å²) in [6, 6.07) is 5.86. The van der Waals surface area contributed by atoms with E-state index in [2.05, 4.69) is 15.2 Å². The summed E-state index contributed by atoms with van der Waals surface area (Å²) < 4.78 is 47.2. The number of aromatic nitrogens is 3. The lowest BCUT2D eigenvalue weighted by Gasteiger charge is -2.03. The minimum Gasteiger partial charge on any atom is -0.486 e. The molecule has 0 aliphatic carbocycles. The summed E-state index contributed by atoms with van der Waals surface area (Å²) in [5, 5.41) is 11.2. The van der Waals surface area contributed by atoms with Gasteiger partial charge in [-0.15, -0.1) is 21.5 Å². The van der Waals surface area contributed by atoms with Crippen molar-refractivity contribution in [3.05, 3.63) is 52.1 Å². The summed E-state index contributed by atoms with van der Waals surface area (Å²) in [6.07, 6.45) is 1.14. The van der Waals surface area contributed by atoms with Crippen LogP contribution in [0.3, 0.4) is 0 Å². The molecule has 1 aliphatic rings. The van der Waals surface area contributed by atoms with Gasteiger partial charge in [0, 0.05) is 17.6 Å². The number of sulfone groups is 1. The van der Waals surface area contributed by atoms with Crippen LogP contribution < -0.4 is 4.74 Å². The van der Waals surface area contributed by atoms with E-state index in [1.165, 1.54) is 35.2 Å². The highest BCUT2D eigenvalue weighted by Gasteiger charge is 2.29. The van der Waals surface area contributed by atoms with Gasteiger partial charge in [-0.25, -0.2) is 17.8 Å². The van der Waals surface area contributed by atoms with Gasteiger partial charge in [0.25, 0.3) is 5.22 Å². The smallest absolute Gasteiger partial charge is 0.276 e. The number of halogens is 1. The third kappa shape index (κ3) is 5.77. The Morgan fingerprint density at radius 1 is 1.28 bits per heavy atom. The molecule has 3 heterocycles. The highest BCUT2D eigenvalue weighted by molar-refractivity contribution is 7.98. The Bertz CT molecular complexity index is 1070. The molecule has 4 rings (SSSR count). The van der Waals surface area contributed by atoms with Crippen molar-refractivity contribution in [3.63, 3.8) is 0 Å². The largest absolute Gasteiger partial charge is 0.486 e. The molecular formula is C18H18FN3O4S3. The zero-order valence-electron chi connectivity index (χ0n) is 15.3. The number of hydrogen-bond acceptors (Lipinski definition) is 9. The Morgan fingerprint density at radius 2 is 2.10 bits per heavy atom. The van der Waals surface area contributed by atoms with Crippen LogP contribution in [0.1, 0.15) is 23.0 Å². The average Bonchev–Trinajstić information content (AvgIpc) is 3.40. The minimum absolute atomic E-state index is 0.0560. The maximum absolute atomic E-state index is 12.9. The Hall–Kier alpha value is -1.98. The Labute approximate surface area is 175 Å². The molecular weight excluding hydrogens is 437 g/mol. The van der Waals surface area contributed by atoms with Gasteiger partial charge in [0.05, 0.1) is 17.2 Å². The van der Waals surface area contributed by atoms with Crippen molar-refractivity contribution in [3.8, 4) is 5.75 Å². The van der Waals surface area contributed by atoms with Crippen LogP contribution in [0.15, 0.2) is 39.3 Å². The van der Waals surface area contributed by atoms with Gasteiger partial charge in [0.15, 0.2) is 9.84 Å². The molecule has 3 aromatic rings. The molecule has 1 aliphatic heterocycles. The number of benzene rings is 1. The van der Waals surface area contributed by atoms with Crippen LogP contribution in [0.25, 0.3) is 0 Å². The van der Waals surface area contributed by atoms with Gasteiger partial charge in [-0.05, 0) is 36.6 Å². The molecule has 0 spiro atoms. The lowest BCUT2D eigenvalue weighted by molar-refractivity contribution is 0.305. The fourth-order valence-electron chi connectivity index (χ4n) is 2.95. The first-order valence-corrected chi connectivity index (χ1v) is 12.6. The number of ether oxygens (including phenoxy) is 1. The van der Waals surface area contributed by atoms with E-state index in [1.54, 1.807) is 12.1 Å². The lowest BCUT2D eigenvalue weighted by Crippen LogP contribution is -2.07. The SMILES string of the molecule is O=S1(=O)CC[C@@H](Cc2nnc(SCc3csc(COc4ccc(F)cc4)n3)o2)C1. The average molecular weight is 456 g/mol. The van der Waals surface area contributed by atoms with Crippen molar-refractivity contribution in [2.45, 2.75) is 30.4 Å². The summed E-state index contributed by atoms with van der Waals surface area (Å²) in [5.41, 5.74) is 0.874. The van der Waals surface area contributed by atoms with Gasteiger partial charge in [0.2, 0.25) is 5.89 Å². The highest BCUT2D eigenvalue weighted by Crippen LogP contribution is 2.26. The van der Waals surface area contributed by atoms with Gasteiger partial charge in [-0.2, -0.15) is 0 Å². The van der Waals surface area contributed by atoms with Crippen molar-refractivity contribution in [1.82, 2.24) is 15.2 Å². The third-order valence-electron chi connectivity index (χ3n) is 4.36. The van der Waals surface area contributed by atoms with Gasteiger partial charge in [0.1, 0.15) is 23.2 Å². The molecule has 154 valence electrons. The summed E-state index contributed by atoms with van der Waals surface area (Å²) in [7, 11) is -2.91. The van der Waals surface area contributed by atoms with E-state index in [0.717, 1.165) is 10.7 Å². The first kappa shape index (κ1) is 20.3. The van der Waals surface area contributed by atoms with Crippen molar-refractivity contribution >= 4 is 32.9 Å². The van der Waals surface area contributed by atoms with Crippen LogP contribution in [-0.4, -0.2) is 35.1 Å². The molecule has 1 saturated heterocycles. The number of hydrogen-bond donors (Lipinski definition) is 0. The maximum Gasteiger partial charge on any atom is 0.276 e. The van der Waals surface area contributed by atoms with Crippen molar-refractivity contribution in [2.24, 2.45) is 5.92 Å². The molecule has 0 N–H and O–H groups in total. The van der Waals surface area contributed by atoms with Gasteiger partial charge in [-0.1, -0.05) is 11.8 Å². The number of rotatable bonds is 8. The van der Waals surface area contributed by atoms with Crippen LogP contribution in [0, 0.1) is 11.7 Å². The molecule has 0 radical (unpaired) electrons. The summed E-state index contributed by atoms with van der Waals surface area (Å²) in [6.45, 7) is 0.315. The second-order valence-electron chi connectivity index (χ2n) is 6.70. The molecule has 0 bridgehead atoms. The second-order valence-corrected chi connectivity index (χ2v) is 10.8. The Balaban J connectivity index is 1.24. The zero-order valence-corrected chi connectivity index (χ0v) is 17.7. The molecule has 1 aromatic carbocycles. The quantitative estimate of drug-likeness (QED) is 0.476. The standard InChI is InChI=1S/C18H18FN3O4S3/c19-13-1-3-15(4-2-13)25-8-17-20-14(9-27-17)10-28-18-22-21-16(26-18)7-12-5-6-29(23,24)11-12/h1-4,9,12H,5-8,10-11H2/t12-/m0/s1. The fraction of sp³-hybridized carbons (Fsp3) is 0.389. The summed E-state index contributed by atoms with van der Waals surface area (Å²) in [4.78, 5) is 4.51.